The van der Waals surface area contributed by atoms with E-state index in [2.05, 4.69) is 10.4 Å². The lowest BCUT2D eigenvalue weighted by Crippen LogP contribution is -2.29. The highest BCUT2D eigenvalue weighted by Gasteiger charge is 2.31. The minimum Gasteiger partial charge on any atom is -0.467 e. The van der Waals surface area contributed by atoms with Crippen molar-refractivity contribution in [2.24, 2.45) is 7.05 Å². The first kappa shape index (κ1) is 12.6. The molecule has 3 rings (SSSR count). The van der Waals surface area contributed by atoms with Crippen LogP contribution in [0.3, 0.4) is 0 Å². The Hall–Kier alpha value is -2.41. The minimum absolute atomic E-state index is 0.183. The fraction of sp³-hybridized carbons (Fsp3) is 0.154. The topological polar surface area (TPSA) is 63.3 Å². The number of furan rings is 1. The van der Waals surface area contributed by atoms with Gasteiger partial charge in [-0.2, -0.15) is 5.10 Å². The molecule has 1 aliphatic rings. The summed E-state index contributed by atoms with van der Waals surface area (Å²) in [5.74, 6) is 0.499. The Morgan fingerprint density at radius 1 is 1.50 bits per heavy atom. The molecule has 3 heterocycles. The van der Waals surface area contributed by atoms with Gasteiger partial charge in [-0.3, -0.25) is 14.4 Å². The van der Waals surface area contributed by atoms with Gasteiger partial charge in [-0.1, -0.05) is 0 Å². The van der Waals surface area contributed by atoms with Gasteiger partial charge >= 0.3 is 0 Å². The van der Waals surface area contributed by atoms with E-state index in [0.29, 0.717) is 28.8 Å². The van der Waals surface area contributed by atoms with Crippen molar-refractivity contribution >= 4 is 29.3 Å². The summed E-state index contributed by atoms with van der Waals surface area (Å²) in [4.78, 5) is 13.7. The van der Waals surface area contributed by atoms with Gasteiger partial charge in [0.1, 0.15) is 11.5 Å². The van der Waals surface area contributed by atoms with E-state index in [1.807, 2.05) is 19.3 Å². The predicted molar refractivity (Wildman–Crippen MR) is 76.2 cm³/mol. The number of amides is 1. The number of thiocarbonyl (C=S) groups is 1. The number of carbonyl (C=O) groups excluding carboxylic acids is 1. The van der Waals surface area contributed by atoms with E-state index in [1.54, 1.807) is 29.2 Å². The largest absolute Gasteiger partial charge is 0.467 e. The zero-order chi connectivity index (χ0) is 14.1. The molecule has 0 spiro atoms. The SMILES string of the molecule is Cn1ccc(/C=C2/NC(=S)N(Cc3ccco3)C2=O)n1. The molecule has 102 valence electrons. The summed E-state index contributed by atoms with van der Waals surface area (Å²) in [6, 6.07) is 5.40. The Balaban J connectivity index is 1.81. The Labute approximate surface area is 120 Å². The van der Waals surface area contributed by atoms with Crippen LogP contribution in [0.25, 0.3) is 6.08 Å². The number of aryl methyl sites for hydroxylation is 1. The molecule has 0 atom stereocenters. The zero-order valence-corrected chi connectivity index (χ0v) is 11.6. The van der Waals surface area contributed by atoms with Gasteiger partial charge in [0, 0.05) is 13.2 Å². The molecule has 7 heteroatoms. The van der Waals surface area contributed by atoms with E-state index in [-0.39, 0.29) is 5.91 Å². The van der Waals surface area contributed by atoms with Gasteiger partial charge < -0.3 is 9.73 Å². The fourth-order valence-corrected chi connectivity index (χ4v) is 2.19. The van der Waals surface area contributed by atoms with Crippen LogP contribution in [0.2, 0.25) is 0 Å². The molecule has 0 aromatic carbocycles. The van der Waals surface area contributed by atoms with Gasteiger partial charge in [0.15, 0.2) is 5.11 Å². The van der Waals surface area contributed by atoms with Gasteiger partial charge in [0.05, 0.1) is 18.5 Å². The second-order valence-corrected chi connectivity index (χ2v) is 4.76. The summed E-state index contributed by atoms with van der Waals surface area (Å²) in [5, 5.41) is 7.47. The summed E-state index contributed by atoms with van der Waals surface area (Å²) >= 11 is 5.18. The summed E-state index contributed by atoms with van der Waals surface area (Å²) in [6.45, 7) is 0.317. The van der Waals surface area contributed by atoms with Crippen LogP contribution < -0.4 is 5.32 Å². The van der Waals surface area contributed by atoms with Crippen molar-refractivity contribution in [1.82, 2.24) is 20.0 Å². The Kier molecular flexibility index (Phi) is 3.11. The molecule has 2 aromatic rings. The summed E-state index contributed by atoms with van der Waals surface area (Å²) in [5.41, 5.74) is 1.12. The van der Waals surface area contributed by atoms with Crippen molar-refractivity contribution in [2.75, 3.05) is 0 Å². The third-order valence-electron chi connectivity index (χ3n) is 2.88. The predicted octanol–water partition coefficient (Wildman–Crippen LogP) is 1.27. The molecule has 20 heavy (non-hydrogen) atoms. The Morgan fingerprint density at radius 2 is 2.35 bits per heavy atom. The van der Waals surface area contributed by atoms with E-state index in [9.17, 15) is 4.79 Å². The average molecular weight is 288 g/mol. The molecule has 6 nitrogen and oxygen atoms in total. The monoisotopic (exact) mass is 288 g/mol. The highest BCUT2D eigenvalue weighted by Crippen LogP contribution is 2.16. The smallest absolute Gasteiger partial charge is 0.277 e. The molecular formula is C13H12N4O2S. The molecule has 0 aliphatic carbocycles. The normalized spacial score (nSPS) is 17.1. The zero-order valence-electron chi connectivity index (χ0n) is 10.7. The molecule has 0 unspecified atom stereocenters. The fourth-order valence-electron chi connectivity index (χ4n) is 1.93. The molecule has 0 saturated carbocycles. The minimum atomic E-state index is -0.183. The van der Waals surface area contributed by atoms with Crippen LogP contribution >= 0.6 is 12.2 Å². The lowest BCUT2D eigenvalue weighted by Gasteiger charge is -2.11. The van der Waals surface area contributed by atoms with E-state index < -0.39 is 0 Å². The number of aromatic nitrogens is 2. The van der Waals surface area contributed by atoms with Crippen LogP contribution in [0.15, 0.2) is 40.8 Å². The number of hydrogen-bond acceptors (Lipinski definition) is 4. The van der Waals surface area contributed by atoms with Crippen LogP contribution in [0.1, 0.15) is 11.5 Å². The second-order valence-electron chi connectivity index (χ2n) is 4.37. The van der Waals surface area contributed by atoms with Crippen LogP contribution in [0.5, 0.6) is 0 Å². The van der Waals surface area contributed by atoms with Gasteiger partial charge in [-0.25, -0.2) is 0 Å². The van der Waals surface area contributed by atoms with E-state index in [1.165, 1.54) is 4.90 Å². The van der Waals surface area contributed by atoms with E-state index in [4.69, 9.17) is 16.6 Å². The second kappa shape index (κ2) is 4.93. The third-order valence-corrected chi connectivity index (χ3v) is 3.21. The van der Waals surface area contributed by atoms with Crippen LogP contribution in [-0.4, -0.2) is 25.7 Å². The van der Waals surface area contributed by atoms with Crippen LogP contribution in [0.4, 0.5) is 0 Å². The number of hydrogen-bond donors (Lipinski definition) is 1. The molecule has 0 bridgehead atoms. The lowest BCUT2D eigenvalue weighted by molar-refractivity contribution is -0.122. The van der Waals surface area contributed by atoms with Crippen LogP contribution in [0, 0.1) is 0 Å². The number of nitrogens with one attached hydrogen (secondary N) is 1. The maximum absolute atomic E-state index is 12.3. The lowest BCUT2D eigenvalue weighted by atomic mass is 10.3. The highest BCUT2D eigenvalue weighted by atomic mass is 32.1. The first-order valence-corrected chi connectivity index (χ1v) is 6.41. The van der Waals surface area contributed by atoms with Gasteiger partial charge in [0.2, 0.25) is 0 Å². The van der Waals surface area contributed by atoms with E-state index >= 15 is 0 Å². The third kappa shape index (κ3) is 2.35. The van der Waals surface area contributed by atoms with Crippen LogP contribution in [-0.2, 0) is 18.4 Å². The molecule has 2 aromatic heterocycles. The van der Waals surface area contributed by atoms with Gasteiger partial charge in [-0.05, 0) is 36.5 Å². The Morgan fingerprint density at radius 3 is 3.00 bits per heavy atom. The highest BCUT2D eigenvalue weighted by molar-refractivity contribution is 7.80. The first-order valence-electron chi connectivity index (χ1n) is 6.00. The van der Waals surface area contributed by atoms with Crippen molar-refractivity contribution in [3.05, 3.63) is 47.8 Å². The van der Waals surface area contributed by atoms with Crippen molar-refractivity contribution in [3.63, 3.8) is 0 Å². The van der Waals surface area contributed by atoms with Crippen molar-refractivity contribution in [3.8, 4) is 0 Å². The van der Waals surface area contributed by atoms with Crippen molar-refractivity contribution in [2.45, 2.75) is 6.54 Å². The summed E-state index contributed by atoms with van der Waals surface area (Å²) in [6.07, 6.45) is 5.05. The summed E-state index contributed by atoms with van der Waals surface area (Å²) < 4.78 is 6.90. The maximum atomic E-state index is 12.3. The molecule has 1 aliphatic heterocycles. The van der Waals surface area contributed by atoms with Gasteiger partial charge in [-0.15, -0.1) is 0 Å². The number of carbonyl (C=O) groups is 1. The quantitative estimate of drug-likeness (QED) is 0.681. The molecule has 1 fully saturated rings. The Bertz CT molecular complexity index is 687. The molecule has 1 amide bonds. The molecule has 1 N–H and O–H groups in total. The van der Waals surface area contributed by atoms with Crippen molar-refractivity contribution < 1.29 is 9.21 Å². The molecule has 1 saturated heterocycles. The maximum Gasteiger partial charge on any atom is 0.277 e. The molecular weight excluding hydrogens is 276 g/mol. The summed E-state index contributed by atoms with van der Waals surface area (Å²) in [7, 11) is 1.82. The number of nitrogens with zero attached hydrogens (tertiary/aromatic N) is 3. The standard InChI is InChI=1S/C13H12N4O2S/c1-16-5-4-9(15-16)7-11-12(18)17(13(20)14-11)8-10-3-2-6-19-10/h2-7H,8H2,1H3,(H,14,20)/b11-7+. The molecule has 0 radical (unpaired) electrons. The van der Waals surface area contributed by atoms with E-state index in [0.717, 1.165) is 0 Å². The average Bonchev–Trinajstić information content (AvgIpc) is 3.10. The number of rotatable bonds is 3. The van der Waals surface area contributed by atoms with Crippen molar-refractivity contribution in [1.29, 1.82) is 0 Å². The van der Waals surface area contributed by atoms with Gasteiger partial charge in [0.25, 0.3) is 5.91 Å². The first-order chi connectivity index (χ1) is 9.63.